The molecule has 2 N–H and O–H groups in total. The number of rotatable bonds is 4. The minimum absolute atomic E-state index is 0.0179. The predicted molar refractivity (Wildman–Crippen MR) is 82.4 cm³/mol. The van der Waals surface area contributed by atoms with Gasteiger partial charge in [-0.25, -0.2) is 0 Å². The number of hydrogen-bond donors (Lipinski definition) is 2. The second-order valence-corrected chi connectivity index (χ2v) is 5.93. The number of benzene rings is 2. The molecule has 0 radical (unpaired) electrons. The van der Waals surface area contributed by atoms with Crippen molar-refractivity contribution in [3.05, 3.63) is 42.0 Å². The number of carbonyl (C=O) groups excluding carboxylic acids is 1. The number of carbonyl (C=O) groups is 1. The zero-order valence-corrected chi connectivity index (χ0v) is 12.4. The van der Waals surface area contributed by atoms with Gasteiger partial charge in [-0.3, -0.25) is 4.79 Å². The summed E-state index contributed by atoms with van der Waals surface area (Å²) in [7, 11) is 0. The van der Waals surface area contributed by atoms with E-state index in [0.29, 0.717) is 17.8 Å². The fourth-order valence-corrected chi connectivity index (χ4v) is 1.99. The van der Waals surface area contributed by atoms with Crippen molar-refractivity contribution < 1.29 is 9.90 Å². The molecular formula is C16H18ClNO2. The van der Waals surface area contributed by atoms with Crippen LogP contribution in [0.1, 0.15) is 24.2 Å². The highest BCUT2D eigenvalue weighted by molar-refractivity contribution is 6.18. The van der Waals surface area contributed by atoms with E-state index in [4.69, 9.17) is 11.6 Å². The summed E-state index contributed by atoms with van der Waals surface area (Å²) < 4.78 is 0. The second-order valence-electron chi connectivity index (χ2n) is 5.66. The maximum absolute atomic E-state index is 12.2. The number of hydrogen-bond acceptors (Lipinski definition) is 2. The summed E-state index contributed by atoms with van der Waals surface area (Å²) in [5.41, 5.74) is 0.109. The van der Waals surface area contributed by atoms with Crippen LogP contribution >= 0.6 is 11.6 Å². The van der Waals surface area contributed by atoms with Gasteiger partial charge in [-0.15, -0.1) is 11.6 Å². The summed E-state index contributed by atoms with van der Waals surface area (Å²) in [6, 6.07) is 10.9. The average Bonchev–Trinajstić information content (AvgIpc) is 2.45. The molecule has 0 saturated carbocycles. The number of halogens is 1. The van der Waals surface area contributed by atoms with Crippen LogP contribution in [0.4, 0.5) is 0 Å². The van der Waals surface area contributed by atoms with Gasteiger partial charge in [-0.05, 0) is 16.9 Å². The van der Waals surface area contributed by atoms with E-state index in [0.717, 1.165) is 5.39 Å². The number of alkyl halides is 1. The van der Waals surface area contributed by atoms with E-state index < -0.39 is 0 Å². The first-order chi connectivity index (χ1) is 9.44. The van der Waals surface area contributed by atoms with Crippen LogP contribution in [-0.4, -0.2) is 23.4 Å². The molecule has 1 amide bonds. The lowest BCUT2D eigenvalue weighted by Gasteiger charge is -2.21. The minimum Gasteiger partial charge on any atom is -0.506 e. The molecular weight excluding hydrogens is 274 g/mol. The first-order valence-corrected chi connectivity index (χ1v) is 7.03. The highest BCUT2D eigenvalue weighted by Gasteiger charge is 2.19. The van der Waals surface area contributed by atoms with E-state index in [1.54, 1.807) is 12.1 Å². The molecule has 4 heteroatoms. The maximum Gasteiger partial charge on any atom is 0.255 e. The summed E-state index contributed by atoms with van der Waals surface area (Å²) in [4.78, 5) is 12.2. The van der Waals surface area contributed by atoms with Crippen LogP contribution in [0, 0.1) is 5.41 Å². The molecule has 2 aromatic rings. The Kier molecular flexibility index (Phi) is 4.19. The molecule has 0 atom stereocenters. The lowest BCUT2D eigenvalue weighted by Crippen LogP contribution is -2.35. The predicted octanol–water partition coefficient (Wildman–Crippen LogP) is 3.54. The van der Waals surface area contributed by atoms with E-state index in [1.165, 1.54) is 0 Å². The van der Waals surface area contributed by atoms with Gasteiger partial charge >= 0.3 is 0 Å². The lowest BCUT2D eigenvalue weighted by atomic mass is 9.96. The van der Waals surface area contributed by atoms with Gasteiger partial charge in [0.25, 0.3) is 5.91 Å². The van der Waals surface area contributed by atoms with Crippen molar-refractivity contribution >= 4 is 28.3 Å². The summed E-state index contributed by atoms with van der Waals surface area (Å²) in [5, 5.41) is 14.6. The quantitative estimate of drug-likeness (QED) is 0.847. The van der Waals surface area contributed by atoms with Gasteiger partial charge in [-0.2, -0.15) is 0 Å². The molecule has 0 aliphatic carbocycles. The van der Waals surface area contributed by atoms with Crippen molar-refractivity contribution in [3.63, 3.8) is 0 Å². The van der Waals surface area contributed by atoms with Gasteiger partial charge in [0.2, 0.25) is 0 Å². The van der Waals surface area contributed by atoms with Crippen molar-refractivity contribution in [1.29, 1.82) is 0 Å². The van der Waals surface area contributed by atoms with Crippen molar-refractivity contribution in [2.24, 2.45) is 5.41 Å². The maximum atomic E-state index is 12.2. The van der Waals surface area contributed by atoms with E-state index in [-0.39, 0.29) is 22.6 Å². The number of nitrogens with one attached hydrogen (secondary N) is 1. The van der Waals surface area contributed by atoms with Crippen LogP contribution < -0.4 is 5.32 Å². The third-order valence-corrected chi connectivity index (χ3v) is 3.96. The smallest absolute Gasteiger partial charge is 0.255 e. The van der Waals surface area contributed by atoms with Crippen molar-refractivity contribution in [3.8, 4) is 5.75 Å². The molecule has 0 aliphatic heterocycles. The molecule has 0 fully saturated rings. The van der Waals surface area contributed by atoms with Crippen LogP contribution in [0.15, 0.2) is 36.4 Å². The normalized spacial score (nSPS) is 11.6. The molecule has 0 aromatic heterocycles. The van der Waals surface area contributed by atoms with Gasteiger partial charge in [-0.1, -0.05) is 44.2 Å². The molecule has 20 heavy (non-hydrogen) atoms. The number of aromatic hydroxyl groups is 1. The topological polar surface area (TPSA) is 49.3 Å². The van der Waals surface area contributed by atoms with Gasteiger partial charge < -0.3 is 10.4 Å². The van der Waals surface area contributed by atoms with E-state index >= 15 is 0 Å². The Hall–Kier alpha value is -1.74. The Morgan fingerprint density at radius 3 is 2.65 bits per heavy atom. The van der Waals surface area contributed by atoms with Crippen molar-refractivity contribution in [2.75, 3.05) is 12.4 Å². The zero-order valence-electron chi connectivity index (χ0n) is 11.6. The molecule has 0 spiro atoms. The molecule has 0 heterocycles. The number of phenols is 1. The Bertz CT molecular complexity index is 637. The molecule has 0 aliphatic rings. The third kappa shape index (κ3) is 3.05. The zero-order chi connectivity index (χ0) is 14.8. The molecule has 2 aromatic carbocycles. The fraction of sp³-hybridized carbons (Fsp3) is 0.312. The van der Waals surface area contributed by atoms with Crippen LogP contribution in [-0.2, 0) is 0 Å². The molecule has 0 bridgehead atoms. The SMILES string of the molecule is CC(C)(CCl)CNC(=O)c1ccc2ccccc2c1O. The monoisotopic (exact) mass is 291 g/mol. The Morgan fingerprint density at radius 1 is 1.25 bits per heavy atom. The van der Waals surface area contributed by atoms with Crippen molar-refractivity contribution in [2.45, 2.75) is 13.8 Å². The molecule has 2 rings (SSSR count). The Labute approximate surface area is 123 Å². The van der Waals surface area contributed by atoms with Crippen LogP contribution in [0.5, 0.6) is 5.75 Å². The highest BCUT2D eigenvalue weighted by Crippen LogP contribution is 2.28. The molecule has 0 unspecified atom stereocenters. The summed E-state index contributed by atoms with van der Waals surface area (Å²) in [6.07, 6.45) is 0. The van der Waals surface area contributed by atoms with Gasteiger partial charge in [0.15, 0.2) is 0 Å². The Morgan fingerprint density at radius 2 is 1.95 bits per heavy atom. The van der Waals surface area contributed by atoms with Gasteiger partial charge in [0.05, 0.1) is 5.56 Å². The van der Waals surface area contributed by atoms with Gasteiger partial charge in [0.1, 0.15) is 5.75 Å². The lowest BCUT2D eigenvalue weighted by molar-refractivity contribution is 0.0937. The van der Waals surface area contributed by atoms with E-state index in [1.807, 2.05) is 38.1 Å². The molecule has 3 nitrogen and oxygen atoms in total. The molecule has 106 valence electrons. The number of phenolic OH excluding ortho intramolecular Hbond substituents is 1. The Balaban J connectivity index is 2.25. The van der Waals surface area contributed by atoms with Crippen LogP contribution in [0.25, 0.3) is 10.8 Å². The first-order valence-electron chi connectivity index (χ1n) is 6.49. The van der Waals surface area contributed by atoms with Crippen LogP contribution in [0.3, 0.4) is 0 Å². The minimum atomic E-state index is -0.286. The van der Waals surface area contributed by atoms with Crippen LogP contribution in [0.2, 0.25) is 0 Å². The average molecular weight is 292 g/mol. The standard InChI is InChI=1S/C16H18ClNO2/c1-16(2,9-17)10-18-15(20)13-8-7-11-5-3-4-6-12(11)14(13)19/h3-8,19H,9-10H2,1-2H3,(H,18,20). The summed E-state index contributed by atoms with van der Waals surface area (Å²) in [5.74, 6) is 0.187. The fourth-order valence-electron chi connectivity index (χ4n) is 1.90. The second kappa shape index (κ2) is 5.71. The van der Waals surface area contributed by atoms with Gasteiger partial charge in [0, 0.05) is 17.8 Å². The largest absolute Gasteiger partial charge is 0.506 e. The third-order valence-electron chi connectivity index (χ3n) is 3.23. The van der Waals surface area contributed by atoms with E-state index in [9.17, 15) is 9.90 Å². The molecule has 0 saturated heterocycles. The number of amides is 1. The number of fused-ring (bicyclic) bond motifs is 1. The summed E-state index contributed by atoms with van der Waals surface area (Å²) >= 11 is 5.83. The first kappa shape index (κ1) is 14.7. The van der Waals surface area contributed by atoms with Crippen molar-refractivity contribution in [1.82, 2.24) is 5.32 Å². The van der Waals surface area contributed by atoms with E-state index in [2.05, 4.69) is 5.32 Å². The summed E-state index contributed by atoms with van der Waals surface area (Å²) in [6.45, 7) is 4.41. The highest BCUT2D eigenvalue weighted by atomic mass is 35.5.